The zero-order chi connectivity index (χ0) is 16.4. The van der Waals surface area contributed by atoms with E-state index in [2.05, 4.69) is 16.1 Å². The van der Waals surface area contributed by atoms with Gasteiger partial charge >= 0.3 is 0 Å². The number of hydrogen-bond donors (Lipinski definition) is 0. The molecule has 2 aromatic rings. The maximum absolute atomic E-state index is 5.52. The number of methoxy groups -OCH3 is 2. The predicted molar refractivity (Wildman–Crippen MR) is 87.8 cm³/mol. The molecule has 0 N–H and O–H groups in total. The van der Waals surface area contributed by atoms with Crippen molar-refractivity contribution in [2.45, 2.75) is 45.8 Å². The van der Waals surface area contributed by atoms with Crippen molar-refractivity contribution in [3.63, 3.8) is 0 Å². The highest BCUT2D eigenvalue weighted by Gasteiger charge is 2.31. The smallest absolute Gasteiger partial charge is 0.138 e. The standard InChI is InChI=1S/C18H24N2O3/c1-12-17(13(2)23-19-12)11-20(15-5-6-15)10-14-9-16(21-3)7-8-18(14)22-4/h7-9,15H,5-6,10-11H2,1-4H3. The summed E-state index contributed by atoms with van der Waals surface area (Å²) in [6, 6.07) is 6.58. The number of rotatable bonds is 7. The van der Waals surface area contributed by atoms with E-state index in [1.54, 1.807) is 14.2 Å². The Morgan fingerprint density at radius 3 is 2.52 bits per heavy atom. The molecule has 1 heterocycles. The first-order chi connectivity index (χ1) is 11.1. The normalized spacial score (nSPS) is 14.3. The Hall–Kier alpha value is -2.01. The zero-order valence-corrected chi connectivity index (χ0v) is 14.3. The van der Waals surface area contributed by atoms with Crippen molar-refractivity contribution < 1.29 is 14.0 Å². The van der Waals surface area contributed by atoms with Gasteiger partial charge in [-0.1, -0.05) is 5.16 Å². The van der Waals surface area contributed by atoms with E-state index in [1.807, 2.05) is 26.0 Å². The number of benzene rings is 1. The fourth-order valence-electron chi connectivity index (χ4n) is 2.91. The van der Waals surface area contributed by atoms with Gasteiger partial charge in [-0.15, -0.1) is 0 Å². The first kappa shape index (κ1) is 15.9. The summed E-state index contributed by atoms with van der Waals surface area (Å²) in [5.41, 5.74) is 3.31. The van der Waals surface area contributed by atoms with Crippen molar-refractivity contribution >= 4 is 0 Å². The minimum atomic E-state index is 0.625. The van der Waals surface area contributed by atoms with E-state index in [1.165, 1.54) is 18.4 Å². The Morgan fingerprint density at radius 1 is 1.17 bits per heavy atom. The quantitative estimate of drug-likeness (QED) is 0.783. The molecule has 1 saturated carbocycles. The van der Waals surface area contributed by atoms with Crippen molar-refractivity contribution in [1.29, 1.82) is 0 Å². The van der Waals surface area contributed by atoms with E-state index in [9.17, 15) is 0 Å². The Balaban J connectivity index is 1.83. The van der Waals surface area contributed by atoms with Crippen LogP contribution in [-0.2, 0) is 13.1 Å². The van der Waals surface area contributed by atoms with Gasteiger partial charge in [0, 0.05) is 30.3 Å². The third-order valence-electron chi connectivity index (χ3n) is 4.47. The molecule has 0 atom stereocenters. The molecule has 0 unspecified atom stereocenters. The molecule has 23 heavy (non-hydrogen) atoms. The van der Waals surface area contributed by atoms with Crippen LogP contribution in [-0.4, -0.2) is 30.3 Å². The molecule has 124 valence electrons. The van der Waals surface area contributed by atoms with Gasteiger partial charge in [-0.2, -0.15) is 0 Å². The average molecular weight is 316 g/mol. The summed E-state index contributed by atoms with van der Waals surface area (Å²) < 4.78 is 16.2. The van der Waals surface area contributed by atoms with Crippen molar-refractivity contribution in [1.82, 2.24) is 10.1 Å². The van der Waals surface area contributed by atoms with Crippen LogP contribution >= 0.6 is 0 Å². The highest BCUT2D eigenvalue weighted by atomic mass is 16.5. The van der Waals surface area contributed by atoms with E-state index in [4.69, 9.17) is 14.0 Å². The van der Waals surface area contributed by atoms with Gasteiger partial charge in [0.25, 0.3) is 0 Å². The minimum absolute atomic E-state index is 0.625. The molecule has 0 spiro atoms. The summed E-state index contributed by atoms with van der Waals surface area (Å²) in [5, 5.41) is 4.07. The van der Waals surface area contributed by atoms with Crippen LogP contribution in [0.1, 0.15) is 35.4 Å². The summed E-state index contributed by atoms with van der Waals surface area (Å²) in [6.45, 7) is 5.66. The zero-order valence-electron chi connectivity index (χ0n) is 14.3. The predicted octanol–water partition coefficient (Wildman–Crippen LogP) is 3.47. The lowest BCUT2D eigenvalue weighted by molar-refractivity contribution is 0.239. The van der Waals surface area contributed by atoms with Crippen LogP contribution in [0.4, 0.5) is 0 Å². The number of hydrogen-bond acceptors (Lipinski definition) is 5. The van der Waals surface area contributed by atoms with Crippen LogP contribution in [0.5, 0.6) is 11.5 Å². The largest absolute Gasteiger partial charge is 0.497 e. The molecule has 0 bridgehead atoms. The summed E-state index contributed by atoms with van der Waals surface area (Å²) in [7, 11) is 3.40. The van der Waals surface area contributed by atoms with Crippen LogP contribution in [0.15, 0.2) is 22.7 Å². The van der Waals surface area contributed by atoms with Crippen molar-refractivity contribution in [2.24, 2.45) is 0 Å². The Labute approximate surface area is 137 Å². The third-order valence-corrected chi connectivity index (χ3v) is 4.47. The number of aryl methyl sites for hydroxylation is 2. The highest BCUT2D eigenvalue weighted by molar-refractivity contribution is 5.40. The van der Waals surface area contributed by atoms with Gasteiger partial charge < -0.3 is 14.0 Å². The number of nitrogens with zero attached hydrogens (tertiary/aromatic N) is 2. The molecule has 1 aromatic heterocycles. The summed E-state index contributed by atoms with van der Waals surface area (Å²) in [4.78, 5) is 2.48. The van der Waals surface area contributed by atoms with Crippen molar-refractivity contribution in [3.05, 3.63) is 40.8 Å². The second-order valence-corrected chi connectivity index (χ2v) is 6.12. The monoisotopic (exact) mass is 316 g/mol. The molecular formula is C18H24N2O3. The lowest BCUT2D eigenvalue weighted by atomic mass is 10.1. The lowest BCUT2D eigenvalue weighted by Gasteiger charge is -2.23. The van der Waals surface area contributed by atoms with Crippen molar-refractivity contribution in [2.75, 3.05) is 14.2 Å². The topological polar surface area (TPSA) is 47.7 Å². The molecule has 5 heteroatoms. The van der Waals surface area contributed by atoms with Crippen LogP contribution < -0.4 is 9.47 Å². The van der Waals surface area contributed by atoms with Gasteiger partial charge in [-0.05, 0) is 44.9 Å². The number of aromatic nitrogens is 1. The molecule has 0 radical (unpaired) electrons. The highest BCUT2D eigenvalue weighted by Crippen LogP contribution is 2.33. The molecule has 1 aliphatic carbocycles. The molecule has 5 nitrogen and oxygen atoms in total. The average Bonchev–Trinajstić information content (AvgIpc) is 3.36. The fraction of sp³-hybridized carbons (Fsp3) is 0.500. The van der Waals surface area contributed by atoms with Gasteiger partial charge in [0.15, 0.2) is 0 Å². The Bertz CT molecular complexity index is 657. The number of ether oxygens (including phenoxy) is 2. The molecular weight excluding hydrogens is 292 g/mol. The minimum Gasteiger partial charge on any atom is -0.497 e. The van der Waals surface area contributed by atoms with E-state index < -0.39 is 0 Å². The van der Waals surface area contributed by atoms with E-state index >= 15 is 0 Å². The third kappa shape index (κ3) is 3.50. The van der Waals surface area contributed by atoms with Gasteiger partial charge in [0.05, 0.1) is 19.9 Å². The van der Waals surface area contributed by atoms with Gasteiger partial charge in [-0.3, -0.25) is 4.90 Å². The molecule has 1 aromatic carbocycles. The fourth-order valence-corrected chi connectivity index (χ4v) is 2.91. The van der Waals surface area contributed by atoms with E-state index in [0.717, 1.165) is 41.6 Å². The maximum Gasteiger partial charge on any atom is 0.138 e. The molecule has 0 saturated heterocycles. The second-order valence-electron chi connectivity index (χ2n) is 6.12. The van der Waals surface area contributed by atoms with Gasteiger partial charge in [-0.25, -0.2) is 0 Å². The van der Waals surface area contributed by atoms with Crippen molar-refractivity contribution in [3.8, 4) is 11.5 Å². The molecule has 0 amide bonds. The summed E-state index contributed by atoms with van der Waals surface area (Å²) in [5.74, 6) is 2.66. The molecule has 1 aliphatic rings. The van der Waals surface area contributed by atoms with Crippen LogP contribution in [0.2, 0.25) is 0 Å². The molecule has 1 fully saturated rings. The first-order valence-electron chi connectivity index (χ1n) is 7.99. The lowest BCUT2D eigenvalue weighted by Crippen LogP contribution is -2.25. The summed E-state index contributed by atoms with van der Waals surface area (Å²) in [6.07, 6.45) is 2.49. The Kier molecular flexibility index (Phi) is 4.57. The van der Waals surface area contributed by atoms with Crippen LogP contribution in [0, 0.1) is 13.8 Å². The first-order valence-corrected chi connectivity index (χ1v) is 7.99. The molecule has 3 rings (SSSR count). The SMILES string of the molecule is COc1ccc(OC)c(CN(Cc2c(C)noc2C)C2CC2)c1. The molecule has 0 aliphatic heterocycles. The van der Waals surface area contributed by atoms with Crippen LogP contribution in [0.3, 0.4) is 0 Å². The second kappa shape index (κ2) is 6.62. The summed E-state index contributed by atoms with van der Waals surface area (Å²) >= 11 is 0. The van der Waals surface area contributed by atoms with Gasteiger partial charge in [0.2, 0.25) is 0 Å². The van der Waals surface area contributed by atoms with E-state index in [-0.39, 0.29) is 0 Å². The maximum atomic E-state index is 5.52. The van der Waals surface area contributed by atoms with Gasteiger partial charge in [0.1, 0.15) is 17.3 Å². The van der Waals surface area contributed by atoms with Crippen LogP contribution in [0.25, 0.3) is 0 Å². The Morgan fingerprint density at radius 2 is 1.96 bits per heavy atom. The van der Waals surface area contributed by atoms with E-state index in [0.29, 0.717) is 6.04 Å².